The minimum absolute atomic E-state index is 0.0577. The van der Waals surface area contributed by atoms with Crippen LogP contribution in [0.2, 0.25) is 0 Å². The SMILES string of the molecule is CCCCN(C(=O)COc1ccc2ccccc2c1Br)C1CCS(=O)(=O)C1. The molecular weight excluding hydrogens is 430 g/mol. The molecule has 1 heterocycles. The monoisotopic (exact) mass is 453 g/mol. The van der Waals surface area contributed by atoms with E-state index in [-0.39, 0.29) is 30.1 Å². The quantitative estimate of drug-likeness (QED) is 0.639. The molecule has 3 rings (SSSR count). The van der Waals surface area contributed by atoms with Crippen molar-refractivity contribution in [3.8, 4) is 5.75 Å². The Bertz CT molecular complexity index is 929. The maximum atomic E-state index is 12.8. The molecule has 2 aromatic carbocycles. The van der Waals surface area contributed by atoms with Crippen LogP contribution >= 0.6 is 15.9 Å². The van der Waals surface area contributed by atoms with E-state index in [1.165, 1.54) is 0 Å². The highest BCUT2D eigenvalue weighted by Crippen LogP contribution is 2.33. The largest absolute Gasteiger partial charge is 0.483 e. The number of unbranched alkanes of at least 4 members (excludes halogenated alkanes) is 1. The molecule has 1 atom stereocenters. The number of amides is 1. The van der Waals surface area contributed by atoms with Crippen LogP contribution < -0.4 is 4.74 Å². The summed E-state index contributed by atoms with van der Waals surface area (Å²) in [6.45, 7) is 2.52. The number of carbonyl (C=O) groups excluding carboxylic acids is 1. The fraction of sp³-hybridized carbons (Fsp3) is 0.450. The summed E-state index contributed by atoms with van der Waals surface area (Å²) in [6.07, 6.45) is 2.31. The van der Waals surface area contributed by atoms with Crippen LogP contribution in [0.1, 0.15) is 26.2 Å². The molecular formula is C20H24BrNO4S. The second-order valence-corrected chi connectivity index (χ2v) is 9.91. The third kappa shape index (κ3) is 4.82. The maximum Gasteiger partial charge on any atom is 0.260 e. The lowest BCUT2D eigenvalue weighted by molar-refractivity contribution is -0.135. The van der Waals surface area contributed by atoms with Gasteiger partial charge in [0.25, 0.3) is 5.91 Å². The number of hydrogen-bond acceptors (Lipinski definition) is 4. The molecule has 2 aromatic rings. The number of ether oxygens (including phenoxy) is 1. The zero-order valence-electron chi connectivity index (χ0n) is 15.4. The lowest BCUT2D eigenvalue weighted by Gasteiger charge is -2.28. The number of benzene rings is 2. The molecule has 0 saturated carbocycles. The van der Waals surface area contributed by atoms with Crippen LogP contribution in [0.4, 0.5) is 0 Å². The predicted octanol–water partition coefficient (Wildman–Crippen LogP) is 3.80. The normalized spacial score (nSPS) is 18.5. The second-order valence-electron chi connectivity index (χ2n) is 6.89. The van der Waals surface area contributed by atoms with Crippen LogP contribution in [0, 0.1) is 0 Å². The van der Waals surface area contributed by atoms with Gasteiger partial charge in [-0.1, -0.05) is 43.7 Å². The van der Waals surface area contributed by atoms with Gasteiger partial charge in [-0.05, 0) is 45.6 Å². The molecule has 0 spiro atoms. The van der Waals surface area contributed by atoms with Gasteiger partial charge in [0.05, 0.1) is 16.0 Å². The number of hydrogen-bond donors (Lipinski definition) is 0. The van der Waals surface area contributed by atoms with E-state index in [0.717, 1.165) is 28.1 Å². The Kier molecular flexibility index (Phi) is 6.42. The number of halogens is 1. The Morgan fingerprint density at radius 3 is 2.74 bits per heavy atom. The molecule has 0 aromatic heterocycles. The van der Waals surface area contributed by atoms with E-state index in [4.69, 9.17) is 4.74 Å². The summed E-state index contributed by atoms with van der Waals surface area (Å²) >= 11 is 3.56. The van der Waals surface area contributed by atoms with Crippen molar-refractivity contribution in [3.63, 3.8) is 0 Å². The van der Waals surface area contributed by atoms with Gasteiger partial charge in [-0.3, -0.25) is 4.79 Å². The van der Waals surface area contributed by atoms with E-state index in [9.17, 15) is 13.2 Å². The summed E-state index contributed by atoms with van der Waals surface area (Å²) in [5.41, 5.74) is 0. The minimum Gasteiger partial charge on any atom is -0.483 e. The minimum atomic E-state index is -3.04. The first kappa shape index (κ1) is 20.1. The lowest BCUT2D eigenvalue weighted by atomic mass is 10.1. The molecule has 146 valence electrons. The van der Waals surface area contributed by atoms with E-state index in [2.05, 4.69) is 22.9 Å². The van der Waals surface area contributed by atoms with Crippen molar-refractivity contribution in [1.29, 1.82) is 0 Å². The first-order valence-electron chi connectivity index (χ1n) is 9.21. The predicted molar refractivity (Wildman–Crippen MR) is 111 cm³/mol. The molecule has 0 radical (unpaired) electrons. The smallest absolute Gasteiger partial charge is 0.260 e. The van der Waals surface area contributed by atoms with Gasteiger partial charge in [0.1, 0.15) is 5.75 Å². The van der Waals surface area contributed by atoms with Crippen molar-refractivity contribution in [3.05, 3.63) is 40.9 Å². The van der Waals surface area contributed by atoms with Gasteiger partial charge in [0.2, 0.25) is 0 Å². The summed E-state index contributed by atoms with van der Waals surface area (Å²) in [7, 11) is -3.04. The molecule has 27 heavy (non-hydrogen) atoms. The fourth-order valence-corrected chi connectivity index (χ4v) is 5.75. The molecule has 0 bridgehead atoms. The third-order valence-corrected chi connectivity index (χ3v) is 7.47. The zero-order valence-corrected chi connectivity index (χ0v) is 17.8. The van der Waals surface area contributed by atoms with Crippen molar-refractivity contribution in [2.24, 2.45) is 0 Å². The lowest BCUT2D eigenvalue weighted by Crippen LogP contribution is -2.44. The topological polar surface area (TPSA) is 63.7 Å². The Hall–Kier alpha value is -1.60. The van der Waals surface area contributed by atoms with Crippen molar-refractivity contribution in [2.45, 2.75) is 32.2 Å². The van der Waals surface area contributed by atoms with E-state index in [0.29, 0.717) is 18.7 Å². The Morgan fingerprint density at radius 2 is 2.04 bits per heavy atom. The van der Waals surface area contributed by atoms with E-state index in [1.54, 1.807) is 4.90 Å². The molecule has 0 N–H and O–H groups in total. The van der Waals surface area contributed by atoms with Gasteiger partial charge in [-0.25, -0.2) is 8.42 Å². The van der Waals surface area contributed by atoms with Crippen LogP contribution in [-0.4, -0.2) is 49.9 Å². The first-order valence-corrected chi connectivity index (χ1v) is 11.8. The molecule has 1 aliphatic rings. The van der Waals surface area contributed by atoms with Crippen molar-refractivity contribution >= 4 is 42.4 Å². The number of nitrogens with zero attached hydrogens (tertiary/aromatic N) is 1. The van der Waals surface area contributed by atoms with Gasteiger partial charge in [-0.15, -0.1) is 0 Å². The van der Waals surface area contributed by atoms with Crippen LogP contribution in [0.15, 0.2) is 40.9 Å². The van der Waals surface area contributed by atoms with E-state index < -0.39 is 9.84 Å². The third-order valence-electron chi connectivity index (χ3n) is 4.90. The van der Waals surface area contributed by atoms with Crippen molar-refractivity contribution in [2.75, 3.05) is 24.7 Å². The summed E-state index contributed by atoms with van der Waals surface area (Å²) in [5.74, 6) is 0.661. The van der Waals surface area contributed by atoms with Crippen LogP contribution in [-0.2, 0) is 14.6 Å². The van der Waals surface area contributed by atoms with Crippen molar-refractivity contribution in [1.82, 2.24) is 4.90 Å². The van der Waals surface area contributed by atoms with Gasteiger partial charge in [-0.2, -0.15) is 0 Å². The molecule has 5 nitrogen and oxygen atoms in total. The van der Waals surface area contributed by atoms with E-state index >= 15 is 0 Å². The Morgan fingerprint density at radius 1 is 1.26 bits per heavy atom. The van der Waals surface area contributed by atoms with E-state index in [1.807, 2.05) is 36.4 Å². The number of fused-ring (bicyclic) bond motifs is 1. The maximum absolute atomic E-state index is 12.8. The second kappa shape index (κ2) is 8.61. The Balaban J connectivity index is 1.71. The molecule has 1 saturated heterocycles. The summed E-state index contributed by atoms with van der Waals surface area (Å²) in [4.78, 5) is 14.5. The summed E-state index contributed by atoms with van der Waals surface area (Å²) < 4.78 is 30.2. The van der Waals surface area contributed by atoms with Crippen LogP contribution in [0.5, 0.6) is 5.75 Å². The van der Waals surface area contributed by atoms with Gasteiger partial charge < -0.3 is 9.64 Å². The van der Waals surface area contributed by atoms with Gasteiger partial charge >= 0.3 is 0 Å². The highest BCUT2D eigenvalue weighted by molar-refractivity contribution is 9.10. The molecule has 1 unspecified atom stereocenters. The molecule has 1 fully saturated rings. The molecule has 0 aliphatic carbocycles. The average Bonchev–Trinajstić information content (AvgIpc) is 3.01. The number of rotatable bonds is 7. The summed E-state index contributed by atoms with van der Waals surface area (Å²) in [6, 6.07) is 11.5. The molecule has 1 amide bonds. The fourth-order valence-electron chi connectivity index (χ4n) is 3.41. The van der Waals surface area contributed by atoms with Crippen molar-refractivity contribution < 1.29 is 17.9 Å². The van der Waals surface area contributed by atoms with Crippen LogP contribution in [0.25, 0.3) is 10.8 Å². The zero-order chi connectivity index (χ0) is 19.4. The average molecular weight is 454 g/mol. The standard InChI is InChI=1S/C20H24BrNO4S/c1-2-3-11-22(16-10-12-27(24,25)14-16)19(23)13-26-18-9-8-15-6-4-5-7-17(15)20(18)21/h4-9,16H,2-3,10-14H2,1H3. The molecule has 7 heteroatoms. The first-order chi connectivity index (χ1) is 12.9. The van der Waals surface area contributed by atoms with Crippen LogP contribution in [0.3, 0.4) is 0 Å². The van der Waals surface area contributed by atoms with Gasteiger partial charge in [0.15, 0.2) is 16.4 Å². The highest BCUT2D eigenvalue weighted by Gasteiger charge is 2.34. The number of carbonyl (C=O) groups is 1. The number of sulfone groups is 1. The molecule has 1 aliphatic heterocycles. The van der Waals surface area contributed by atoms with Gasteiger partial charge in [0, 0.05) is 12.6 Å². The summed E-state index contributed by atoms with van der Waals surface area (Å²) in [5, 5.41) is 2.11. The Labute approximate surface area is 168 Å². The highest BCUT2D eigenvalue weighted by atomic mass is 79.9.